The van der Waals surface area contributed by atoms with E-state index in [4.69, 9.17) is 5.11 Å². The Kier molecular flexibility index (Phi) is 5.64. The third-order valence-corrected chi connectivity index (χ3v) is 3.66. The molecule has 4 nitrogen and oxygen atoms in total. The maximum Gasteiger partial charge on any atom is 0.335 e. The summed E-state index contributed by atoms with van der Waals surface area (Å²) in [6.45, 7) is 0.713. The molecule has 17 heavy (non-hydrogen) atoms. The summed E-state index contributed by atoms with van der Waals surface area (Å²) in [5.41, 5.74) is 1.09. The molecule has 1 unspecified atom stereocenters. The van der Waals surface area contributed by atoms with Crippen LogP contribution >= 0.6 is 15.9 Å². The Morgan fingerprint density at radius 2 is 2.24 bits per heavy atom. The van der Waals surface area contributed by atoms with E-state index in [0.29, 0.717) is 12.3 Å². The molecule has 1 rings (SSSR count). The van der Waals surface area contributed by atoms with Crippen molar-refractivity contribution in [2.24, 2.45) is 0 Å². The normalized spacial score (nSPS) is 12.1. The molecule has 0 radical (unpaired) electrons. The number of rotatable bonds is 6. The minimum atomic E-state index is -0.946. The predicted octanol–water partition coefficient (Wildman–Crippen LogP) is 2.33. The summed E-state index contributed by atoms with van der Waals surface area (Å²) in [6.07, 6.45) is 2.49. The molecule has 0 heterocycles. The zero-order valence-corrected chi connectivity index (χ0v) is 11.8. The number of carbonyl (C=O) groups is 1. The van der Waals surface area contributed by atoms with Crippen LogP contribution in [-0.2, 0) is 10.8 Å². The molecular formula is C11H14BrNO3S. The Bertz CT molecular complexity index is 437. The summed E-state index contributed by atoms with van der Waals surface area (Å²) in [7, 11) is -0.768. The van der Waals surface area contributed by atoms with Gasteiger partial charge in [-0.2, -0.15) is 0 Å². The number of nitrogens with one attached hydrogen (secondary N) is 1. The third-order valence-electron chi connectivity index (χ3n) is 2.14. The van der Waals surface area contributed by atoms with Crippen molar-refractivity contribution in [2.45, 2.75) is 6.42 Å². The Morgan fingerprint density at radius 3 is 2.76 bits per heavy atom. The number of halogens is 1. The van der Waals surface area contributed by atoms with Crippen LogP contribution in [-0.4, -0.2) is 33.8 Å². The SMILES string of the molecule is CS(=O)CCCNc1ccc(C(=O)O)cc1Br. The highest BCUT2D eigenvalue weighted by Crippen LogP contribution is 2.23. The average molecular weight is 320 g/mol. The first-order valence-electron chi connectivity index (χ1n) is 5.07. The van der Waals surface area contributed by atoms with Crippen LogP contribution in [0.5, 0.6) is 0 Å². The highest BCUT2D eigenvalue weighted by Gasteiger charge is 2.06. The number of carboxylic acids is 1. The van der Waals surface area contributed by atoms with Crippen molar-refractivity contribution in [3.8, 4) is 0 Å². The van der Waals surface area contributed by atoms with Gasteiger partial charge in [-0.15, -0.1) is 0 Å². The van der Waals surface area contributed by atoms with Gasteiger partial charge in [-0.1, -0.05) is 0 Å². The van der Waals surface area contributed by atoms with Crippen molar-refractivity contribution in [1.29, 1.82) is 0 Å². The molecule has 0 aliphatic heterocycles. The molecule has 0 amide bonds. The molecule has 0 aliphatic carbocycles. The van der Waals surface area contributed by atoms with E-state index in [0.717, 1.165) is 16.6 Å². The van der Waals surface area contributed by atoms with Crippen LogP contribution in [0, 0.1) is 0 Å². The van der Waals surface area contributed by atoms with Crippen LogP contribution in [0.25, 0.3) is 0 Å². The van der Waals surface area contributed by atoms with Crippen LogP contribution in [0.3, 0.4) is 0 Å². The maximum absolute atomic E-state index is 10.9. The van der Waals surface area contributed by atoms with E-state index in [1.165, 1.54) is 0 Å². The Hall–Kier alpha value is -0.880. The number of anilines is 1. The smallest absolute Gasteiger partial charge is 0.335 e. The van der Waals surface area contributed by atoms with Crippen molar-refractivity contribution in [3.63, 3.8) is 0 Å². The molecule has 94 valence electrons. The lowest BCUT2D eigenvalue weighted by atomic mass is 10.2. The minimum absolute atomic E-state index is 0.247. The van der Waals surface area contributed by atoms with Gasteiger partial charge in [0, 0.05) is 39.5 Å². The maximum atomic E-state index is 10.9. The highest BCUT2D eigenvalue weighted by molar-refractivity contribution is 9.10. The molecule has 0 aromatic heterocycles. The van der Waals surface area contributed by atoms with Gasteiger partial charge < -0.3 is 10.4 Å². The zero-order chi connectivity index (χ0) is 12.8. The molecule has 1 aromatic carbocycles. The summed E-state index contributed by atoms with van der Waals surface area (Å²) in [4.78, 5) is 10.7. The predicted molar refractivity (Wildman–Crippen MR) is 73.1 cm³/mol. The van der Waals surface area contributed by atoms with Crippen molar-refractivity contribution < 1.29 is 14.1 Å². The van der Waals surface area contributed by atoms with Crippen molar-refractivity contribution in [1.82, 2.24) is 0 Å². The van der Waals surface area contributed by atoms with Crippen LogP contribution in [0.15, 0.2) is 22.7 Å². The van der Waals surface area contributed by atoms with E-state index in [1.807, 2.05) is 0 Å². The second kappa shape index (κ2) is 6.76. The summed E-state index contributed by atoms with van der Waals surface area (Å²) in [5.74, 6) is -0.281. The van der Waals surface area contributed by atoms with Gasteiger partial charge in [-0.25, -0.2) is 4.79 Å². The van der Waals surface area contributed by atoms with E-state index in [-0.39, 0.29) is 5.56 Å². The lowest BCUT2D eigenvalue weighted by Gasteiger charge is -2.08. The molecule has 0 spiro atoms. The van der Waals surface area contributed by atoms with Crippen LogP contribution in [0.2, 0.25) is 0 Å². The monoisotopic (exact) mass is 319 g/mol. The summed E-state index contributed by atoms with van der Waals surface area (Å²) in [5, 5.41) is 12.0. The van der Waals surface area contributed by atoms with Gasteiger partial charge in [0.1, 0.15) is 0 Å². The lowest BCUT2D eigenvalue weighted by molar-refractivity contribution is 0.0697. The van der Waals surface area contributed by atoms with Crippen LogP contribution in [0.4, 0.5) is 5.69 Å². The highest BCUT2D eigenvalue weighted by atomic mass is 79.9. The lowest BCUT2D eigenvalue weighted by Crippen LogP contribution is -2.07. The molecule has 0 fully saturated rings. The number of aromatic carboxylic acids is 1. The second-order valence-electron chi connectivity index (χ2n) is 3.56. The second-order valence-corrected chi connectivity index (χ2v) is 5.97. The Labute approximate surface area is 111 Å². The van der Waals surface area contributed by atoms with E-state index in [2.05, 4.69) is 21.2 Å². The van der Waals surface area contributed by atoms with Crippen molar-refractivity contribution >= 4 is 38.4 Å². The van der Waals surface area contributed by atoms with Crippen molar-refractivity contribution in [3.05, 3.63) is 28.2 Å². The van der Waals surface area contributed by atoms with Gasteiger partial charge in [0.25, 0.3) is 0 Å². The molecule has 0 saturated heterocycles. The molecule has 0 saturated carbocycles. The van der Waals surface area contributed by atoms with E-state index in [9.17, 15) is 9.00 Å². The first-order chi connectivity index (χ1) is 8.00. The molecule has 1 aromatic rings. The third kappa shape index (κ3) is 4.87. The van der Waals surface area contributed by atoms with Crippen LogP contribution < -0.4 is 5.32 Å². The first kappa shape index (κ1) is 14.2. The fourth-order valence-corrected chi connectivity index (χ4v) is 2.36. The molecule has 6 heteroatoms. The molecular weight excluding hydrogens is 306 g/mol. The summed E-state index contributed by atoms with van der Waals surface area (Å²) in [6, 6.07) is 4.83. The zero-order valence-electron chi connectivity index (χ0n) is 9.40. The molecule has 1 atom stereocenters. The number of hydrogen-bond donors (Lipinski definition) is 2. The van der Waals surface area contributed by atoms with E-state index in [1.54, 1.807) is 24.5 Å². The standard InChI is InChI=1S/C11H14BrNO3S/c1-17(16)6-2-5-13-10-4-3-8(11(14)15)7-9(10)12/h3-4,7,13H,2,5-6H2,1H3,(H,14,15). The quantitative estimate of drug-likeness (QED) is 0.790. The fourth-order valence-electron chi connectivity index (χ4n) is 1.29. The van der Waals surface area contributed by atoms with E-state index >= 15 is 0 Å². The van der Waals surface area contributed by atoms with Gasteiger partial charge in [-0.05, 0) is 40.5 Å². The number of benzene rings is 1. The molecule has 0 aliphatic rings. The largest absolute Gasteiger partial charge is 0.478 e. The molecule has 0 bridgehead atoms. The fraction of sp³-hybridized carbons (Fsp3) is 0.364. The summed E-state index contributed by atoms with van der Waals surface area (Å²) < 4.78 is 11.6. The van der Waals surface area contributed by atoms with Gasteiger partial charge in [-0.3, -0.25) is 4.21 Å². The summed E-state index contributed by atoms with van der Waals surface area (Å²) >= 11 is 3.31. The minimum Gasteiger partial charge on any atom is -0.478 e. The number of hydrogen-bond acceptors (Lipinski definition) is 3. The first-order valence-corrected chi connectivity index (χ1v) is 7.59. The Balaban J connectivity index is 2.54. The van der Waals surface area contributed by atoms with E-state index < -0.39 is 16.8 Å². The molecule has 2 N–H and O–H groups in total. The average Bonchev–Trinajstić information content (AvgIpc) is 2.25. The van der Waals surface area contributed by atoms with Gasteiger partial charge in [0.15, 0.2) is 0 Å². The van der Waals surface area contributed by atoms with Crippen molar-refractivity contribution in [2.75, 3.05) is 23.9 Å². The van der Waals surface area contributed by atoms with Gasteiger partial charge in [0.2, 0.25) is 0 Å². The van der Waals surface area contributed by atoms with Crippen LogP contribution in [0.1, 0.15) is 16.8 Å². The Morgan fingerprint density at radius 1 is 1.53 bits per heavy atom. The van der Waals surface area contributed by atoms with Gasteiger partial charge >= 0.3 is 5.97 Å². The van der Waals surface area contributed by atoms with Gasteiger partial charge in [0.05, 0.1) is 5.56 Å². The number of carboxylic acid groups (broad SMARTS) is 1. The topological polar surface area (TPSA) is 66.4 Å².